The molecule has 1 unspecified atom stereocenters. The zero-order valence-electron chi connectivity index (χ0n) is 8.49. The number of aliphatic hydroxyl groups is 1. The van der Waals surface area contributed by atoms with Crippen LogP contribution in [0, 0.1) is 6.92 Å². The van der Waals surface area contributed by atoms with Crippen molar-refractivity contribution in [2.75, 3.05) is 6.26 Å². The second-order valence-corrected chi connectivity index (χ2v) is 5.95. The predicted octanol–water partition coefficient (Wildman–Crippen LogP) is 2.77. The molecule has 0 amide bonds. The summed E-state index contributed by atoms with van der Waals surface area (Å²) in [5, 5.41) is 10.3. The topological polar surface area (TPSA) is 33.1 Å². The first-order valence-corrected chi connectivity index (χ1v) is 6.84. The highest BCUT2D eigenvalue weighted by Crippen LogP contribution is 2.51. The molecule has 1 aliphatic carbocycles. The molecule has 14 heavy (non-hydrogen) atoms. The first-order chi connectivity index (χ1) is 6.68. The molecule has 1 saturated carbocycles. The van der Waals surface area contributed by atoms with Crippen LogP contribution in [-0.2, 0) is 0 Å². The van der Waals surface area contributed by atoms with Crippen LogP contribution in [0.1, 0.15) is 35.9 Å². The van der Waals surface area contributed by atoms with E-state index in [9.17, 15) is 5.11 Å². The van der Waals surface area contributed by atoms with E-state index < -0.39 is 0 Å². The average molecular weight is 229 g/mol. The molecular weight excluding hydrogens is 214 g/mol. The smallest absolute Gasteiger partial charge is 0.104 e. The quantitative estimate of drug-likeness (QED) is 0.865. The van der Waals surface area contributed by atoms with Gasteiger partial charge in [0, 0.05) is 4.75 Å². The lowest BCUT2D eigenvalue weighted by Gasteiger charge is -2.43. The van der Waals surface area contributed by atoms with Crippen molar-refractivity contribution in [3.63, 3.8) is 0 Å². The van der Waals surface area contributed by atoms with Crippen molar-refractivity contribution in [3.8, 4) is 0 Å². The van der Waals surface area contributed by atoms with E-state index in [4.69, 9.17) is 0 Å². The third-order valence-corrected chi connectivity index (χ3v) is 5.40. The molecule has 2 rings (SSSR count). The Morgan fingerprint density at radius 1 is 1.64 bits per heavy atom. The van der Waals surface area contributed by atoms with Gasteiger partial charge in [0.1, 0.15) is 6.10 Å². The summed E-state index contributed by atoms with van der Waals surface area (Å²) in [5.74, 6) is 0. The normalized spacial score (nSPS) is 21.6. The SMILES string of the molecule is CSC1(C(O)c2cc(C)ns2)CCC1. The van der Waals surface area contributed by atoms with E-state index in [0.717, 1.165) is 23.4 Å². The summed E-state index contributed by atoms with van der Waals surface area (Å²) in [5.41, 5.74) is 1.01. The standard InChI is InChI=1S/C10H15NOS2/c1-7-6-8(14-11-7)9(12)10(13-2)4-3-5-10/h6,9,12H,3-5H2,1-2H3. The van der Waals surface area contributed by atoms with Crippen LogP contribution in [0.15, 0.2) is 6.07 Å². The number of thioether (sulfide) groups is 1. The molecule has 1 atom stereocenters. The molecule has 1 N–H and O–H groups in total. The third kappa shape index (κ3) is 1.59. The first-order valence-electron chi connectivity index (χ1n) is 4.84. The summed E-state index contributed by atoms with van der Waals surface area (Å²) in [6.07, 6.45) is 5.28. The molecular formula is C10H15NOS2. The van der Waals surface area contributed by atoms with Gasteiger partial charge in [0.15, 0.2) is 0 Å². The summed E-state index contributed by atoms with van der Waals surface area (Å²) in [6.45, 7) is 1.97. The van der Waals surface area contributed by atoms with Gasteiger partial charge in [0.2, 0.25) is 0 Å². The van der Waals surface area contributed by atoms with Crippen molar-refractivity contribution in [1.29, 1.82) is 0 Å². The molecule has 2 nitrogen and oxygen atoms in total. The second-order valence-electron chi connectivity index (χ2n) is 3.90. The summed E-state index contributed by atoms with van der Waals surface area (Å²) in [4.78, 5) is 1.02. The molecule has 4 heteroatoms. The van der Waals surface area contributed by atoms with Crippen LogP contribution in [0.3, 0.4) is 0 Å². The van der Waals surface area contributed by atoms with E-state index in [1.165, 1.54) is 18.0 Å². The monoisotopic (exact) mass is 229 g/mol. The Balaban J connectivity index is 2.18. The van der Waals surface area contributed by atoms with Crippen LogP contribution in [0.4, 0.5) is 0 Å². The van der Waals surface area contributed by atoms with Gasteiger partial charge in [-0.15, -0.1) is 0 Å². The first kappa shape index (κ1) is 10.5. The van der Waals surface area contributed by atoms with Crippen molar-refractivity contribution in [2.45, 2.75) is 37.0 Å². The van der Waals surface area contributed by atoms with Crippen LogP contribution in [-0.4, -0.2) is 20.5 Å². The van der Waals surface area contributed by atoms with Crippen LogP contribution in [0.25, 0.3) is 0 Å². The highest BCUT2D eigenvalue weighted by atomic mass is 32.2. The number of aryl methyl sites for hydroxylation is 1. The maximum absolute atomic E-state index is 10.3. The van der Waals surface area contributed by atoms with Crippen LogP contribution in [0.5, 0.6) is 0 Å². The fourth-order valence-electron chi connectivity index (χ4n) is 1.89. The number of aliphatic hydroxyl groups excluding tert-OH is 1. The Bertz CT molecular complexity index is 314. The molecule has 0 aromatic carbocycles. The third-order valence-electron chi connectivity index (χ3n) is 3.02. The number of hydrogen-bond acceptors (Lipinski definition) is 4. The molecule has 0 aliphatic heterocycles. The number of hydrogen-bond donors (Lipinski definition) is 1. The highest BCUT2D eigenvalue weighted by molar-refractivity contribution is 8.00. The summed E-state index contributed by atoms with van der Waals surface area (Å²) in [7, 11) is 0. The molecule has 0 saturated heterocycles. The highest BCUT2D eigenvalue weighted by Gasteiger charge is 2.44. The maximum Gasteiger partial charge on any atom is 0.104 e. The van der Waals surface area contributed by atoms with Gasteiger partial charge in [-0.25, -0.2) is 0 Å². The van der Waals surface area contributed by atoms with E-state index in [2.05, 4.69) is 10.6 Å². The fourth-order valence-corrected chi connectivity index (χ4v) is 3.86. The molecule has 1 fully saturated rings. The zero-order valence-corrected chi connectivity index (χ0v) is 10.1. The van der Waals surface area contributed by atoms with Gasteiger partial charge in [-0.3, -0.25) is 0 Å². The minimum Gasteiger partial charge on any atom is -0.386 e. The van der Waals surface area contributed by atoms with Crippen molar-refractivity contribution in [3.05, 3.63) is 16.6 Å². The Hall–Kier alpha value is -0.0600. The second kappa shape index (κ2) is 3.83. The largest absolute Gasteiger partial charge is 0.386 e. The van der Waals surface area contributed by atoms with Crippen molar-refractivity contribution in [2.24, 2.45) is 0 Å². The van der Waals surface area contributed by atoms with E-state index in [1.807, 2.05) is 13.0 Å². The van der Waals surface area contributed by atoms with Gasteiger partial charge < -0.3 is 5.11 Å². The Kier molecular flexibility index (Phi) is 2.86. The molecule has 78 valence electrons. The fraction of sp³-hybridized carbons (Fsp3) is 0.700. The van der Waals surface area contributed by atoms with Gasteiger partial charge in [0.25, 0.3) is 0 Å². The lowest BCUT2D eigenvalue weighted by atomic mass is 9.79. The zero-order chi connectivity index (χ0) is 10.2. The Morgan fingerprint density at radius 2 is 2.36 bits per heavy atom. The lowest BCUT2D eigenvalue weighted by molar-refractivity contribution is 0.0906. The average Bonchev–Trinajstić information content (AvgIpc) is 2.50. The van der Waals surface area contributed by atoms with Crippen molar-refractivity contribution >= 4 is 23.3 Å². The van der Waals surface area contributed by atoms with Crippen molar-refractivity contribution in [1.82, 2.24) is 4.37 Å². The summed E-state index contributed by atoms with van der Waals surface area (Å²) < 4.78 is 4.30. The summed E-state index contributed by atoms with van der Waals surface area (Å²) >= 11 is 3.24. The molecule has 1 aromatic heterocycles. The molecule has 1 aromatic rings. The molecule has 0 spiro atoms. The van der Waals surface area contributed by atoms with Gasteiger partial charge in [-0.1, -0.05) is 6.42 Å². The maximum atomic E-state index is 10.3. The van der Waals surface area contributed by atoms with Crippen LogP contribution in [0.2, 0.25) is 0 Å². The Labute approximate surface area is 92.9 Å². The summed E-state index contributed by atoms with van der Waals surface area (Å²) in [6, 6.07) is 2.01. The van der Waals surface area contributed by atoms with Gasteiger partial charge in [0.05, 0.1) is 10.6 Å². The van der Waals surface area contributed by atoms with Gasteiger partial charge >= 0.3 is 0 Å². The minimum absolute atomic E-state index is 0.0823. The number of rotatable bonds is 3. The molecule has 1 heterocycles. The molecule has 1 aliphatic rings. The van der Waals surface area contributed by atoms with E-state index in [-0.39, 0.29) is 10.9 Å². The van der Waals surface area contributed by atoms with E-state index >= 15 is 0 Å². The number of aromatic nitrogens is 1. The van der Waals surface area contributed by atoms with Gasteiger partial charge in [-0.05, 0) is 43.6 Å². The molecule has 0 radical (unpaired) electrons. The molecule has 0 bridgehead atoms. The predicted molar refractivity (Wildman–Crippen MR) is 61.9 cm³/mol. The van der Waals surface area contributed by atoms with Crippen LogP contribution < -0.4 is 0 Å². The van der Waals surface area contributed by atoms with E-state index in [1.54, 1.807) is 11.8 Å². The van der Waals surface area contributed by atoms with E-state index in [0.29, 0.717) is 0 Å². The van der Waals surface area contributed by atoms with Crippen molar-refractivity contribution < 1.29 is 5.11 Å². The van der Waals surface area contributed by atoms with Gasteiger partial charge in [-0.2, -0.15) is 16.1 Å². The lowest BCUT2D eigenvalue weighted by Crippen LogP contribution is -2.39. The minimum atomic E-state index is -0.322. The Morgan fingerprint density at radius 3 is 2.71 bits per heavy atom. The van der Waals surface area contributed by atoms with Crippen LogP contribution >= 0.6 is 23.3 Å². The number of nitrogens with zero attached hydrogens (tertiary/aromatic N) is 1.